The van der Waals surface area contributed by atoms with Gasteiger partial charge < -0.3 is 15.0 Å². The first kappa shape index (κ1) is 21.3. The fourth-order valence-corrected chi connectivity index (χ4v) is 4.75. The minimum absolute atomic E-state index is 0.0456. The number of amides is 2. The number of methoxy groups -OCH3 is 1. The quantitative estimate of drug-likeness (QED) is 0.711. The second-order valence-corrected chi connectivity index (χ2v) is 9.15. The summed E-state index contributed by atoms with van der Waals surface area (Å²) in [5.41, 5.74) is 0.621. The third kappa shape index (κ3) is 4.68. The van der Waals surface area contributed by atoms with Crippen molar-refractivity contribution in [1.29, 1.82) is 0 Å². The maximum atomic E-state index is 13.3. The molecule has 0 atom stereocenters. The van der Waals surface area contributed by atoms with Gasteiger partial charge in [-0.25, -0.2) is 4.79 Å². The van der Waals surface area contributed by atoms with Crippen molar-refractivity contribution >= 4 is 11.8 Å². The first-order valence-corrected chi connectivity index (χ1v) is 11.3. The summed E-state index contributed by atoms with van der Waals surface area (Å²) in [6, 6.07) is 7.97. The van der Waals surface area contributed by atoms with Crippen LogP contribution in [0.4, 0.5) is 0 Å². The van der Waals surface area contributed by atoms with Gasteiger partial charge in [0.1, 0.15) is 12.3 Å². The van der Waals surface area contributed by atoms with Crippen molar-refractivity contribution in [3.05, 3.63) is 29.8 Å². The van der Waals surface area contributed by atoms with Crippen molar-refractivity contribution in [1.82, 2.24) is 15.1 Å². The predicted octanol–water partition coefficient (Wildman–Crippen LogP) is 1.34. The van der Waals surface area contributed by atoms with Crippen LogP contribution in [-0.2, 0) is 4.79 Å². The van der Waals surface area contributed by atoms with E-state index < -0.39 is 0 Å². The zero-order valence-corrected chi connectivity index (χ0v) is 18.3. The van der Waals surface area contributed by atoms with Crippen LogP contribution in [0.3, 0.4) is 0 Å². The fraction of sp³-hybridized carbons (Fsp3) is 0.652. The molecule has 7 nitrogen and oxygen atoms in total. The number of carbonyl (C=O) groups is 2. The molecule has 2 saturated heterocycles. The van der Waals surface area contributed by atoms with E-state index in [0.29, 0.717) is 16.1 Å². The van der Waals surface area contributed by atoms with Gasteiger partial charge in [-0.3, -0.25) is 14.2 Å². The largest absolute Gasteiger partial charge is 0.497 e. The highest BCUT2D eigenvalue weighted by molar-refractivity contribution is 5.96. The van der Waals surface area contributed by atoms with Crippen LogP contribution in [0.5, 0.6) is 5.75 Å². The molecule has 0 bridgehead atoms. The Hall–Kier alpha value is -1.96. The monoisotopic (exact) mass is 415 g/mol. The summed E-state index contributed by atoms with van der Waals surface area (Å²) in [4.78, 5) is 30.8. The number of hydrogen-bond acceptors (Lipinski definition) is 5. The third-order valence-corrected chi connectivity index (χ3v) is 7.07. The van der Waals surface area contributed by atoms with E-state index in [0.717, 1.165) is 70.7 Å². The molecular formula is C23H35N4O3+. The molecule has 2 amide bonds. The molecule has 1 aliphatic carbocycles. The number of benzene rings is 1. The van der Waals surface area contributed by atoms with Crippen molar-refractivity contribution in [3.63, 3.8) is 0 Å². The van der Waals surface area contributed by atoms with Gasteiger partial charge in [0.15, 0.2) is 0 Å². The smallest absolute Gasteiger partial charge is 0.333 e. The zero-order valence-electron chi connectivity index (χ0n) is 18.3. The second kappa shape index (κ2) is 9.04. The molecule has 0 unspecified atom stereocenters. The van der Waals surface area contributed by atoms with Crippen LogP contribution < -0.4 is 10.1 Å². The summed E-state index contributed by atoms with van der Waals surface area (Å²) in [7, 11) is 3.67. The fourth-order valence-electron chi connectivity index (χ4n) is 4.75. The predicted molar refractivity (Wildman–Crippen MR) is 115 cm³/mol. The van der Waals surface area contributed by atoms with Gasteiger partial charge >= 0.3 is 5.91 Å². The van der Waals surface area contributed by atoms with Crippen molar-refractivity contribution in [2.24, 2.45) is 0 Å². The van der Waals surface area contributed by atoms with Gasteiger partial charge in [0.2, 0.25) is 0 Å². The summed E-state index contributed by atoms with van der Waals surface area (Å²) < 4.78 is 5.64. The molecule has 4 rings (SSSR count). The Morgan fingerprint density at radius 2 is 1.73 bits per heavy atom. The van der Waals surface area contributed by atoms with Gasteiger partial charge in [0.05, 0.1) is 27.2 Å². The van der Waals surface area contributed by atoms with E-state index in [9.17, 15) is 9.59 Å². The number of piperidine rings is 1. The molecule has 1 aromatic carbocycles. The number of likely N-dealkylation sites (N-methyl/N-ethyl adjacent to an activating group) is 1. The number of carbonyl (C=O) groups excluding carboxylic acids is 2. The topological polar surface area (TPSA) is 61.9 Å². The molecule has 7 heteroatoms. The molecule has 3 aliphatic rings. The lowest BCUT2D eigenvalue weighted by Crippen LogP contribution is -2.61. The first-order chi connectivity index (χ1) is 14.5. The highest BCUT2D eigenvalue weighted by Crippen LogP contribution is 2.30. The molecule has 3 fully saturated rings. The summed E-state index contributed by atoms with van der Waals surface area (Å²) in [6.45, 7) is 6.27. The highest BCUT2D eigenvalue weighted by atomic mass is 16.5. The van der Waals surface area contributed by atoms with Crippen molar-refractivity contribution in [3.8, 4) is 5.75 Å². The van der Waals surface area contributed by atoms with Crippen LogP contribution in [0.2, 0.25) is 0 Å². The standard InChI is InChI=1S/C23H35N4O3/c1-27(15-9-19(10-16-27)25-13-11-24-12-14-25)22(28)17-26(20-5-6-20)23(29)18-3-7-21(30-2)8-4-18/h3-4,7-8,19-20,24H,5-6,9-17H2,1-2H3/q+1. The van der Waals surface area contributed by atoms with Gasteiger partial charge in [-0.05, 0) is 37.1 Å². The lowest BCUT2D eigenvalue weighted by Gasteiger charge is -2.43. The zero-order chi connectivity index (χ0) is 21.1. The summed E-state index contributed by atoms with van der Waals surface area (Å²) in [5, 5.41) is 3.41. The summed E-state index contributed by atoms with van der Waals surface area (Å²) in [6.07, 6.45) is 4.09. The van der Waals surface area contributed by atoms with E-state index in [4.69, 9.17) is 4.74 Å². The maximum absolute atomic E-state index is 13.3. The lowest BCUT2D eigenvalue weighted by atomic mass is 10.00. The van der Waals surface area contributed by atoms with Crippen molar-refractivity contribution in [2.45, 2.75) is 37.8 Å². The number of piperazine rings is 1. The van der Waals surface area contributed by atoms with E-state index in [1.807, 2.05) is 0 Å². The minimum atomic E-state index is -0.0456. The van der Waals surface area contributed by atoms with E-state index in [1.54, 1.807) is 36.3 Å². The van der Waals surface area contributed by atoms with Gasteiger partial charge in [-0.2, -0.15) is 0 Å². The second-order valence-electron chi connectivity index (χ2n) is 9.15. The summed E-state index contributed by atoms with van der Waals surface area (Å²) >= 11 is 0. The number of hydrogen-bond donors (Lipinski definition) is 1. The number of ether oxygens (including phenoxy) is 1. The van der Waals surface area contributed by atoms with Crippen LogP contribution in [0.1, 0.15) is 36.0 Å². The molecule has 30 heavy (non-hydrogen) atoms. The number of likely N-dealkylation sites (tertiary alicyclic amines) is 1. The highest BCUT2D eigenvalue weighted by Gasteiger charge is 2.42. The SMILES string of the molecule is COc1ccc(C(=O)N(CC(=O)[N+]2(C)CCC(N3CCNCC3)CC2)C2CC2)cc1. The third-order valence-electron chi connectivity index (χ3n) is 7.07. The molecule has 0 radical (unpaired) electrons. The molecule has 1 aromatic rings. The molecule has 164 valence electrons. The van der Waals surface area contributed by atoms with Gasteiger partial charge in [-0.15, -0.1) is 0 Å². The Balaban J connectivity index is 1.37. The molecular weight excluding hydrogens is 380 g/mol. The average Bonchev–Trinajstić information content (AvgIpc) is 3.63. The van der Waals surface area contributed by atoms with Crippen molar-refractivity contribution in [2.75, 3.05) is 60.0 Å². The molecule has 2 heterocycles. The van der Waals surface area contributed by atoms with E-state index in [1.165, 1.54) is 0 Å². The first-order valence-electron chi connectivity index (χ1n) is 11.3. The van der Waals surface area contributed by atoms with Gasteiger partial charge in [0, 0.05) is 56.7 Å². The van der Waals surface area contributed by atoms with Crippen LogP contribution in [-0.4, -0.2) is 98.2 Å². The number of rotatable bonds is 6. The Bertz CT molecular complexity index is 748. The van der Waals surface area contributed by atoms with E-state index >= 15 is 0 Å². The summed E-state index contributed by atoms with van der Waals surface area (Å²) in [5.74, 6) is 0.851. The van der Waals surface area contributed by atoms with E-state index in [2.05, 4.69) is 17.3 Å². The average molecular weight is 416 g/mol. The minimum Gasteiger partial charge on any atom is -0.497 e. The Morgan fingerprint density at radius 1 is 1.10 bits per heavy atom. The maximum Gasteiger partial charge on any atom is 0.333 e. The van der Waals surface area contributed by atoms with Gasteiger partial charge in [-0.1, -0.05) is 0 Å². The molecule has 1 N–H and O–H groups in total. The number of quaternary nitrogens is 1. The lowest BCUT2D eigenvalue weighted by molar-refractivity contribution is -0.840. The number of nitrogens with zero attached hydrogens (tertiary/aromatic N) is 3. The molecule has 1 saturated carbocycles. The molecule has 0 spiro atoms. The molecule has 0 aromatic heterocycles. The van der Waals surface area contributed by atoms with Crippen molar-refractivity contribution < 1.29 is 18.8 Å². The Labute approximate surface area is 179 Å². The number of nitrogens with one attached hydrogen (secondary N) is 1. The van der Waals surface area contributed by atoms with Crippen LogP contribution in [0.25, 0.3) is 0 Å². The van der Waals surface area contributed by atoms with Crippen LogP contribution in [0.15, 0.2) is 24.3 Å². The normalized spacial score (nSPS) is 27.5. The van der Waals surface area contributed by atoms with E-state index in [-0.39, 0.29) is 24.4 Å². The van der Waals surface area contributed by atoms with Crippen LogP contribution in [0, 0.1) is 0 Å². The Kier molecular flexibility index (Phi) is 6.41. The van der Waals surface area contributed by atoms with Gasteiger partial charge in [0.25, 0.3) is 5.91 Å². The Morgan fingerprint density at radius 3 is 2.30 bits per heavy atom. The van der Waals surface area contributed by atoms with Crippen LogP contribution >= 0.6 is 0 Å². The molecule has 2 aliphatic heterocycles.